The maximum atomic E-state index is 15.2. The summed E-state index contributed by atoms with van der Waals surface area (Å²) >= 11 is 6.07. The van der Waals surface area contributed by atoms with Crippen LogP contribution in [-0.4, -0.2) is 74.1 Å². The number of halogens is 2. The Kier molecular flexibility index (Phi) is 10.2. The standard InChI is InChI=1S/C35H34ClFN6O5/c36-28-9-10-29(43-21-39-40-41-43)27(33(28)37)8-11-32(45)42-18-14-25-26(2-1-3-31(25)48-19-15-22-12-16-38-17-13-22)34(42)30(44)20-23-4-6-24(7-5-23)35(46)47/h1-11,21-22,34,38H,12-20H2,(H,46,47)/b11-8+. The first kappa shape index (κ1) is 33.0. The molecule has 3 heterocycles. The van der Waals surface area contributed by atoms with Gasteiger partial charge in [-0.25, -0.2) is 9.18 Å². The maximum Gasteiger partial charge on any atom is 0.335 e. The molecule has 11 nitrogen and oxygen atoms in total. The highest BCUT2D eigenvalue weighted by Crippen LogP contribution is 2.37. The van der Waals surface area contributed by atoms with E-state index in [1.54, 1.807) is 12.1 Å². The van der Waals surface area contributed by atoms with Crippen LogP contribution in [0.2, 0.25) is 5.02 Å². The number of carbonyl (C=O) groups excluding carboxylic acids is 2. The highest BCUT2D eigenvalue weighted by Gasteiger charge is 2.36. The molecular weight excluding hydrogens is 639 g/mol. The van der Waals surface area contributed by atoms with Gasteiger partial charge in [0, 0.05) is 30.2 Å². The molecule has 248 valence electrons. The van der Waals surface area contributed by atoms with Gasteiger partial charge in [0.2, 0.25) is 5.91 Å². The Morgan fingerprint density at radius 3 is 2.60 bits per heavy atom. The number of amides is 1. The van der Waals surface area contributed by atoms with Crippen molar-refractivity contribution in [2.24, 2.45) is 5.92 Å². The molecule has 4 aromatic rings. The van der Waals surface area contributed by atoms with Gasteiger partial charge in [0.15, 0.2) is 11.6 Å². The van der Waals surface area contributed by atoms with Gasteiger partial charge in [-0.3, -0.25) is 9.59 Å². The van der Waals surface area contributed by atoms with Crippen LogP contribution in [0.1, 0.15) is 57.9 Å². The number of Topliss-reactive ketones (excluding diaryl/α,β-unsaturated/α-hetero) is 1. The van der Waals surface area contributed by atoms with Crippen LogP contribution < -0.4 is 10.1 Å². The SMILES string of the molecule is O=C(O)c1ccc(CC(=O)C2c3cccc(OCCC4CCNCC4)c3CCN2C(=O)/C=C/c2c(-n3cnnn3)ccc(Cl)c2F)cc1. The number of rotatable bonds is 11. The first-order chi connectivity index (χ1) is 23.3. The van der Waals surface area contributed by atoms with Gasteiger partial charge in [-0.2, -0.15) is 4.68 Å². The summed E-state index contributed by atoms with van der Waals surface area (Å²) in [5, 5.41) is 23.6. The monoisotopic (exact) mass is 672 g/mol. The average molecular weight is 673 g/mol. The Bertz CT molecular complexity index is 1830. The molecule has 1 saturated heterocycles. The van der Waals surface area contributed by atoms with Crippen LogP contribution >= 0.6 is 11.6 Å². The fourth-order valence-electron chi connectivity index (χ4n) is 6.36. The summed E-state index contributed by atoms with van der Waals surface area (Å²) in [5.41, 5.74) is 2.54. The minimum atomic E-state index is -1.07. The van der Waals surface area contributed by atoms with Crippen molar-refractivity contribution in [2.45, 2.75) is 38.1 Å². The molecule has 1 fully saturated rings. The largest absolute Gasteiger partial charge is 0.493 e. The number of hydrogen-bond donors (Lipinski definition) is 2. The fraction of sp³-hybridized carbons (Fsp3) is 0.314. The molecule has 48 heavy (non-hydrogen) atoms. The first-order valence-electron chi connectivity index (χ1n) is 15.8. The van der Waals surface area contributed by atoms with Gasteiger partial charge in [-0.05, 0) is 103 Å². The smallest absolute Gasteiger partial charge is 0.335 e. The minimum Gasteiger partial charge on any atom is -0.493 e. The molecule has 0 saturated carbocycles. The Morgan fingerprint density at radius 2 is 1.88 bits per heavy atom. The third-order valence-corrected chi connectivity index (χ3v) is 9.18. The van der Waals surface area contributed by atoms with Crippen LogP contribution in [0.4, 0.5) is 4.39 Å². The number of fused-ring (bicyclic) bond motifs is 1. The number of benzene rings is 3. The number of ether oxygens (including phenoxy) is 1. The topological polar surface area (TPSA) is 140 Å². The fourth-order valence-corrected chi connectivity index (χ4v) is 6.53. The van der Waals surface area contributed by atoms with E-state index in [1.165, 1.54) is 52.3 Å². The second kappa shape index (κ2) is 14.9. The molecule has 0 radical (unpaired) electrons. The molecule has 0 aliphatic carbocycles. The normalized spacial score (nSPS) is 16.5. The lowest BCUT2D eigenvalue weighted by Crippen LogP contribution is -2.43. The molecular formula is C35H34ClFN6O5. The zero-order valence-electron chi connectivity index (χ0n) is 26.0. The van der Waals surface area contributed by atoms with Crippen molar-refractivity contribution < 1.29 is 28.6 Å². The van der Waals surface area contributed by atoms with Crippen molar-refractivity contribution >= 4 is 35.3 Å². The van der Waals surface area contributed by atoms with Gasteiger partial charge in [0.05, 0.1) is 22.9 Å². The zero-order chi connectivity index (χ0) is 33.6. The van der Waals surface area contributed by atoms with E-state index in [-0.39, 0.29) is 40.6 Å². The summed E-state index contributed by atoms with van der Waals surface area (Å²) in [7, 11) is 0. The summed E-state index contributed by atoms with van der Waals surface area (Å²) in [6, 6.07) is 13.6. The predicted octanol–water partition coefficient (Wildman–Crippen LogP) is 4.87. The molecule has 0 spiro atoms. The predicted molar refractivity (Wildman–Crippen MR) is 176 cm³/mol. The molecule has 1 aromatic heterocycles. The number of nitrogens with zero attached hydrogens (tertiary/aromatic N) is 5. The number of aromatic carboxylic acids is 1. The van der Waals surface area contributed by atoms with Crippen molar-refractivity contribution in [3.63, 3.8) is 0 Å². The molecule has 6 rings (SSSR count). The number of hydrogen-bond acceptors (Lipinski definition) is 8. The van der Waals surface area contributed by atoms with E-state index in [1.807, 2.05) is 18.2 Å². The lowest BCUT2D eigenvalue weighted by atomic mass is 9.87. The van der Waals surface area contributed by atoms with Crippen LogP contribution in [0.25, 0.3) is 11.8 Å². The van der Waals surface area contributed by atoms with Gasteiger partial charge in [-0.15, -0.1) is 5.10 Å². The van der Waals surface area contributed by atoms with Gasteiger partial charge in [-0.1, -0.05) is 35.9 Å². The molecule has 13 heteroatoms. The molecule has 2 aliphatic rings. The molecule has 3 aromatic carbocycles. The van der Waals surface area contributed by atoms with E-state index < -0.39 is 23.7 Å². The molecule has 2 aliphatic heterocycles. The van der Waals surface area contributed by atoms with Crippen molar-refractivity contribution in [1.29, 1.82) is 0 Å². The summed E-state index contributed by atoms with van der Waals surface area (Å²) < 4.78 is 22.8. The number of carboxylic acids is 1. The summed E-state index contributed by atoms with van der Waals surface area (Å²) in [4.78, 5) is 40.8. The molecule has 1 atom stereocenters. The van der Waals surface area contributed by atoms with Crippen molar-refractivity contribution in [2.75, 3.05) is 26.2 Å². The van der Waals surface area contributed by atoms with E-state index in [0.717, 1.165) is 37.9 Å². The summed E-state index contributed by atoms with van der Waals surface area (Å²) in [6.07, 6.45) is 7.40. The number of aromatic nitrogens is 4. The summed E-state index contributed by atoms with van der Waals surface area (Å²) in [5.74, 6) is -1.28. The van der Waals surface area contributed by atoms with Crippen LogP contribution in [0.5, 0.6) is 5.75 Å². The lowest BCUT2D eigenvalue weighted by Gasteiger charge is -2.36. The number of piperidine rings is 1. The van der Waals surface area contributed by atoms with E-state index in [2.05, 4.69) is 20.8 Å². The van der Waals surface area contributed by atoms with Crippen LogP contribution in [0.3, 0.4) is 0 Å². The Hall–Kier alpha value is -4.94. The Labute approximate surface area is 281 Å². The summed E-state index contributed by atoms with van der Waals surface area (Å²) in [6.45, 7) is 2.79. The highest BCUT2D eigenvalue weighted by molar-refractivity contribution is 6.31. The number of carboxylic acid groups (broad SMARTS) is 1. The highest BCUT2D eigenvalue weighted by atomic mass is 35.5. The molecule has 2 N–H and O–H groups in total. The van der Waals surface area contributed by atoms with Crippen molar-refractivity contribution in [1.82, 2.24) is 30.4 Å². The molecule has 0 bridgehead atoms. The average Bonchev–Trinajstić information content (AvgIpc) is 3.64. The second-order valence-electron chi connectivity index (χ2n) is 11.9. The van der Waals surface area contributed by atoms with E-state index in [9.17, 15) is 19.5 Å². The quantitative estimate of drug-likeness (QED) is 0.214. The van der Waals surface area contributed by atoms with E-state index in [4.69, 9.17) is 16.3 Å². The van der Waals surface area contributed by atoms with Crippen molar-refractivity contribution in [3.8, 4) is 11.4 Å². The molecule has 1 amide bonds. The van der Waals surface area contributed by atoms with Gasteiger partial charge in [0.25, 0.3) is 0 Å². The van der Waals surface area contributed by atoms with E-state index >= 15 is 4.39 Å². The van der Waals surface area contributed by atoms with E-state index in [0.29, 0.717) is 35.8 Å². The first-order valence-corrected chi connectivity index (χ1v) is 16.2. The third-order valence-electron chi connectivity index (χ3n) is 8.89. The van der Waals surface area contributed by atoms with Gasteiger partial charge >= 0.3 is 5.97 Å². The lowest BCUT2D eigenvalue weighted by molar-refractivity contribution is -0.136. The number of ketones is 1. The third kappa shape index (κ3) is 7.29. The number of carbonyl (C=O) groups is 3. The van der Waals surface area contributed by atoms with Gasteiger partial charge in [0.1, 0.15) is 18.1 Å². The number of tetrazole rings is 1. The maximum absolute atomic E-state index is 15.2. The van der Waals surface area contributed by atoms with Crippen molar-refractivity contribution in [3.05, 3.63) is 106 Å². The Balaban J connectivity index is 1.29. The Morgan fingerprint density at radius 1 is 1.08 bits per heavy atom. The minimum absolute atomic E-state index is 0.00592. The van der Waals surface area contributed by atoms with Crippen LogP contribution in [0.15, 0.2) is 67.0 Å². The molecule has 1 unspecified atom stereocenters. The number of nitrogens with one attached hydrogen (secondary N) is 1. The van der Waals surface area contributed by atoms with Crippen LogP contribution in [-0.2, 0) is 22.4 Å². The van der Waals surface area contributed by atoms with Gasteiger partial charge < -0.3 is 20.1 Å². The van der Waals surface area contributed by atoms with Crippen LogP contribution in [0, 0.1) is 11.7 Å². The zero-order valence-corrected chi connectivity index (χ0v) is 26.8. The second-order valence-corrected chi connectivity index (χ2v) is 12.3.